The van der Waals surface area contributed by atoms with Crippen LogP contribution in [0.4, 0.5) is 0 Å². The summed E-state index contributed by atoms with van der Waals surface area (Å²) in [4.78, 5) is 12.4. The van der Waals surface area contributed by atoms with Crippen LogP contribution in [0.2, 0.25) is 0 Å². The number of nitrogens with one attached hydrogen (secondary N) is 1. The van der Waals surface area contributed by atoms with Gasteiger partial charge in [-0.1, -0.05) is 219 Å². The van der Waals surface area contributed by atoms with Crippen molar-refractivity contribution < 1.29 is 20.1 Å². The topological polar surface area (TPSA) is 89.8 Å². The Morgan fingerprint density at radius 3 is 1.02 bits per heavy atom. The van der Waals surface area contributed by atoms with Gasteiger partial charge in [-0.15, -0.1) is 0 Å². The van der Waals surface area contributed by atoms with Gasteiger partial charge in [0.1, 0.15) is 6.10 Å². The van der Waals surface area contributed by atoms with Crippen molar-refractivity contribution in [2.75, 3.05) is 6.61 Å². The fraction of sp³-hybridized carbons (Fsp3) is 0.976. The summed E-state index contributed by atoms with van der Waals surface area (Å²) >= 11 is 0. The number of hydrogen-bond acceptors (Lipinski definition) is 4. The van der Waals surface area contributed by atoms with Gasteiger partial charge in [0, 0.05) is 6.42 Å². The van der Waals surface area contributed by atoms with Crippen molar-refractivity contribution in [1.29, 1.82) is 0 Å². The molecule has 0 bridgehead atoms. The quantitative estimate of drug-likeness (QED) is 0.0491. The number of carbonyl (C=O) groups excluding carboxylic acids is 1. The molecule has 0 heterocycles. The molecule has 4 N–H and O–H groups in total. The maximum Gasteiger partial charge on any atom is 0.220 e. The molecule has 0 aliphatic carbocycles. The molecule has 5 heteroatoms. The van der Waals surface area contributed by atoms with Gasteiger partial charge in [-0.2, -0.15) is 0 Å². The summed E-state index contributed by atoms with van der Waals surface area (Å²) < 4.78 is 0. The van der Waals surface area contributed by atoms with Crippen molar-refractivity contribution in [3.63, 3.8) is 0 Å². The zero-order valence-electron chi connectivity index (χ0n) is 31.9. The van der Waals surface area contributed by atoms with E-state index >= 15 is 0 Å². The van der Waals surface area contributed by atoms with Gasteiger partial charge in [0.2, 0.25) is 5.91 Å². The van der Waals surface area contributed by atoms with Crippen LogP contribution in [-0.2, 0) is 4.79 Å². The molecule has 47 heavy (non-hydrogen) atoms. The Morgan fingerprint density at radius 2 is 0.723 bits per heavy atom. The van der Waals surface area contributed by atoms with Gasteiger partial charge in [0.15, 0.2) is 0 Å². The average molecular weight is 668 g/mol. The van der Waals surface area contributed by atoms with Crippen LogP contribution in [0.25, 0.3) is 0 Å². The van der Waals surface area contributed by atoms with Crippen molar-refractivity contribution >= 4 is 5.91 Å². The molecule has 0 aliphatic heterocycles. The lowest BCUT2D eigenvalue weighted by Crippen LogP contribution is -2.50. The Morgan fingerprint density at radius 1 is 0.447 bits per heavy atom. The van der Waals surface area contributed by atoms with Crippen LogP contribution < -0.4 is 5.32 Å². The number of rotatable bonds is 39. The van der Waals surface area contributed by atoms with Crippen molar-refractivity contribution in [3.05, 3.63) is 0 Å². The molecule has 0 saturated heterocycles. The number of aliphatic hydroxyl groups excluding tert-OH is 3. The van der Waals surface area contributed by atoms with Crippen molar-refractivity contribution in [1.82, 2.24) is 5.32 Å². The second-order valence-corrected chi connectivity index (χ2v) is 14.9. The summed E-state index contributed by atoms with van der Waals surface area (Å²) in [5.74, 6) is -0.140. The van der Waals surface area contributed by atoms with E-state index < -0.39 is 18.2 Å². The lowest BCUT2D eigenvalue weighted by molar-refractivity contribution is -0.124. The Balaban J connectivity index is 3.59. The molecule has 1 amide bonds. The van der Waals surface area contributed by atoms with Gasteiger partial charge in [0.25, 0.3) is 0 Å². The van der Waals surface area contributed by atoms with E-state index in [1.165, 1.54) is 180 Å². The highest BCUT2D eigenvalue weighted by Gasteiger charge is 2.26. The van der Waals surface area contributed by atoms with Gasteiger partial charge >= 0.3 is 0 Å². The van der Waals surface area contributed by atoms with Gasteiger partial charge < -0.3 is 20.6 Å². The lowest BCUT2D eigenvalue weighted by Gasteiger charge is -2.26. The highest BCUT2D eigenvalue weighted by atomic mass is 16.3. The minimum atomic E-state index is -1.13. The highest BCUT2D eigenvalue weighted by molar-refractivity contribution is 5.76. The third-order valence-electron chi connectivity index (χ3n) is 10.2. The minimum Gasteiger partial charge on any atom is -0.394 e. The van der Waals surface area contributed by atoms with Gasteiger partial charge in [-0.25, -0.2) is 0 Å². The normalized spacial score (nSPS) is 13.6. The molecule has 3 unspecified atom stereocenters. The smallest absolute Gasteiger partial charge is 0.220 e. The molecule has 0 spiro atoms. The standard InChI is InChI=1S/C42H85NO4/c1-3-5-7-9-11-13-15-17-19-20-21-23-25-27-29-31-33-35-37-41(46)43-39(38-44)42(47)40(45)36-34-32-30-28-26-24-22-18-16-14-12-10-8-6-4-2/h39-40,42,44-45,47H,3-38H2,1-2H3,(H,43,46). The molecular weight excluding hydrogens is 582 g/mol. The zero-order valence-corrected chi connectivity index (χ0v) is 31.9. The Bertz CT molecular complexity index is 615. The van der Waals surface area contributed by atoms with Crippen LogP contribution in [0.5, 0.6) is 0 Å². The van der Waals surface area contributed by atoms with Crippen LogP contribution in [-0.4, -0.2) is 46.1 Å². The third kappa shape index (κ3) is 33.6. The molecule has 0 rings (SSSR count). The first-order valence-corrected chi connectivity index (χ1v) is 21.3. The summed E-state index contributed by atoms with van der Waals surface area (Å²) in [6.07, 6.45) is 42.0. The monoisotopic (exact) mass is 668 g/mol. The van der Waals surface area contributed by atoms with E-state index in [0.717, 1.165) is 32.1 Å². The van der Waals surface area contributed by atoms with Crippen LogP contribution in [0.3, 0.4) is 0 Å². The second-order valence-electron chi connectivity index (χ2n) is 14.9. The van der Waals surface area contributed by atoms with Gasteiger partial charge in [0.05, 0.1) is 18.8 Å². The third-order valence-corrected chi connectivity index (χ3v) is 10.2. The predicted molar refractivity (Wildman–Crippen MR) is 204 cm³/mol. The van der Waals surface area contributed by atoms with Crippen molar-refractivity contribution in [2.45, 2.75) is 257 Å². The lowest BCUT2D eigenvalue weighted by atomic mass is 9.99. The fourth-order valence-electron chi connectivity index (χ4n) is 6.87. The van der Waals surface area contributed by atoms with E-state index in [2.05, 4.69) is 19.2 Å². The first-order valence-electron chi connectivity index (χ1n) is 21.3. The number of aliphatic hydroxyl groups is 3. The van der Waals surface area contributed by atoms with Crippen LogP contribution >= 0.6 is 0 Å². The van der Waals surface area contributed by atoms with Crippen molar-refractivity contribution in [3.8, 4) is 0 Å². The molecule has 0 aromatic carbocycles. The van der Waals surface area contributed by atoms with Crippen LogP contribution in [0.15, 0.2) is 0 Å². The van der Waals surface area contributed by atoms with E-state index in [-0.39, 0.29) is 12.5 Å². The number of hydrogen-bond donors (Lipinski definition) is 4. The number of amides is 1. The van der Waals surface area contributed by atoms with E-state index in [0.29, 0.717) is 12.8 Å². The largest absolute Gasteiger partial charge is 0.394 e. The fourth-order valence-corrected chi connectivity index (χ4v) is 6.87. The molecule has 0 radical (unpaired) electrons. The molecule has 0 aliphatic rings. The van der Waals surface area contributed by atoms with Gasteiger partial charge in [-0.3, -0.25) is 4.79 Å². The predicted octanol–water partition coefficient (Wildman–Crippen LogP) is 11.9. The summed E-state index contributed by atoms with van der Waals surface area (Å²) in [6, 6.07) is -0.801. The highest BCUT2D eigenvalue weighted by Crippen LogP contribution is 2.17. The molecule has 5 nitrogen and oxygen atoms in total. The van der Waals surface area contributed by atoms with Crippen LogP contribution in [0, 0.1) is 0 Å². The van der Waals surface area contributed by atoms with E-state index in [1.807, 2.05) is 0 Å². The minimum absolute atomic E-state index is 0.140. The second kappa shape index (κ2) is 38.2. The maximum absolute atomic E-state index is 12.4. The molecule has 0 fully saturated rings. The SMILES string of the molecule is CCCCCCCCCCCCCCCCCCCCC(=O)NC(CO)C(O)C(O)CCCCCCCCCCCCCCCCC. The van der Waals surface area contributed by atoms with E-state index in [1.54, 1.807) is 0 Å². The summed E-state index contributed by atoms with van der Waals surface area (Å²) in [5, 5.41) is 33.5. The van der Waals surface area contributed by atoms with Gasteiger partial charge in [-0.05, 0) is 12.8 Å². The molecule has 282 valence electrons. The average Bonchev–Trinajstić information content (AvgIpc) is 3.07. The Kier molecular flexibility index (Phi) is 37.6. The first kappa shape index (κ1) is 46.4. The van der Waals surface area contributed by atoms with E-state index in [4.69, 9.17) is 0 Å². The Labute approximate surface area is 294 Å². The van der Waals surface area contributed by atoms with E-state index in [9.17, 15) is 20.1 Å². The Hall–Kier alpha value is -0.650. The molecule has 0 aromatic rings. The molecule has 0 aromatic heterocycles. The van der Waals surface area contributed by atoms with Crippen LogP contribution in [0.1, 0.15) is 239 Å². The maximum atomic E-state index is 12.4. The molecule has 3 atom stereocenters. The summed E-state index contributed by atoms with van der Waals surface area (Å²) in [5.41, 5.74) is 0. The number of unbranched alkanes of at least 4 members (excludes halogenated alkanes) is 31. The summed E-state index contributed by atoms with van der Waals surface area (Å²) in [7, 11) is 0. The molecule has 0 saturated carbocycles. The van der Waals surface area contributed by atoms with Crippen molar-refractivity contribution in [2.24, 2.45) is 0 Å². The molecular formula is C42H85NO4. The number of carbonyl (C=O) groups is 1. The first-order chi connectivity index (χ1) is 23.1. The summed E-state index contributed by atoms with van der Waals surface area (Å²) in [6.45, 7) is 4.19. The zero-order chi connectivity index (χ0) is 34.5.